The van der Waals surface area contributed by atoms with Crippen molar-refractivity contribution in [2.24, 2.45) is 0 Å². The van der Waals surface area contributed by atoms with Crippen LogP contribution in [0.2, 0.25) is 0 Å². The number of anilines is 2. The molecule has 0 aliphatic carbocycles. The Morgan fingerprint density at radius 3 is 2.65 bits per heavy atom. The molecule has 0 amide bonds. The molecule has 0 saturated carbocycles. The third-order valence-corrected chi connectivity index (χ3v) is 6.53. The van der Waals surface area contributed by atoms with E-state index in [0.717, 1.165) is 9.35 Å². The number of aryl methyl sites for hydroxylation is 1. The minimum atomic E-state index is -3.60. The lowest BCUT2D eigenvalue weighted by molar-refractivity contribution is 0.603. The Morgan fingerprint density at radius 2 is 2.10 bits per heavy atom. The zero-order chi connectivity index (χ0) is 14.9. The van der Waals surface area contributed by atoms with E-state index < -0.39 is 10.0 Å². The quantitative estimate of drug-likeness (QED) is 0.891. The molecular weight excluding hydrogens is 362 g/mol. The summed E-state index contributed by atoms with van der Waals surface area (Å²) in [6.07, 6.45) is 1.62. The van der Waals surface area contributed by atoms with Crippen molar-refractivity contribution in [3.8, 4) is 0 Å². The van der Waals surface area contributed by atoms with Gasteiger partial charge in [-0.15, -0.1) is 11.3 Å². The number of aromatic nitrogens is 1. The van der Waals surface area contributed by atoms with Crippen LogP contribution < -0.4 is 9.62 Å². The molecule has 2 aromatic rings. The van der Waals surface area contributed by atoms with Crippen LogP contribution in [0.5, 0.6) is 0 Å². The second-order valence-electron chi connectivity index (χ2n) is 4.40. The first-order valence-corrected chi connectivity index (χ1v) is 8.81. The highest BCUT2D eigenvalue weighted by atomic mass is 79.9. The Kier molecular flexibility index (Phi) is 4.36. The SMILES string of the molecule is Cc1cc(S(=O)(=O)Nc2cccnc2N(C)C)sc1Br. The van der Waals surface area contributed by atoms with Gasteiger partial charge in [0.25, 0.3) is 10.0 Å². The summed E-state index contributed by atoms with van der Waals surface area (Å²) in [6, 6.07) is 5.03. The van der Waals surface area contributed by atoms with E-state index in [1.807, 2.05) is 21.0 Å². The number of halogens is 1. The lowest BCUT2D eigenvalue weighted by Crippen LogP contribution is -2.17. The monoisotopic (exact) mass is 375 g/mol. The minimum absolute atomic E-state index is 0.274. The lowest BCUT2D eigenvalue weighted by Gasteiger charge is -2.16. The van der Waals surface area contributed by atoms with Crippen LogP contribution in [0.3, 0.4) is 0 Å². The van der Waals surface area contributed by atoms with Crippen LogP contribution in [-0.2, 0) is 10.0 Å². The highest BCUT2D eigenvalue weighted by Gasteiger charge is 2.20. The van der Waals surface area contributed by atoms with Crippen LogP contribution in [0.4, 0.5) is 11.5 Å². The summed E-state index contributed by atoms with van der Waals surface area (Å²) in [5.41, 5.74) is 1.36. The lowest BCUT2D eigenvalue weighted by atomic mass is 10.4. The Bertz CT molecular complexity index is 707. The van der Waals surface area contributed by atoms with Gasteiger partial charge >= 0.3 is 0 Å². The molecule has 0 unspecified atom stereocenters. The standard InChI is InChI=1S/C12H14BrN3O2S2/c1-8-7-10(19-11(8)13)20(17,18)15-9-5-4-6-14-12(9)16(2)3/h4-7,15H,1-3H3. The molecule has 2 heterocycles. The summed E-state index contributed by atoms with van der Waals surface area (Å²) in [5.74, 6) is 0.573. The molecule has 0 aliphatic heterocycles. The van der Waals surface area contributed by atoms with Crippen molar-refractivity contribution in [2.75, 3.05) is 23.7 Å². The number of hydrogen-bond acceptors (Lipinski definition) is 5. The van der Waals surface area contributed by atoms with Crippen molar-refractivity contribution in [3.63, 3.8) is 0 Å². The Morgan fingerprint density at radius 1 is 1.40 bits per heavy atom. The maximum absolute atomic E-state index is 12.4. The van der Waals surface area contributed by atoms with E-state index in [-0.39, 0.29) is 4.21 Å². The number of nitrogens with one attached hydrogen (secondary N) is 1. The topological polar surface area (TPSA) is 62.3 Å². The largest absolute Gasteiger partial charge is 0.361 e. The molecule has 2 aromatic heterocycles. The van der Waals surface area contributed by atoms with E-state index in [0.29, 0.717) is 11.5 Å². The van der Waals surface area contributed by atoms with Gasteiger partial charge in [0.15, 0.2) is 5.82 Å². The molecule has 0 aliphatic rings. The zero-order valence-electron chi connectivity index (χ0n) is 11.2. The van der Waals surface area contributed by atoms with Crippen LogP contribution in [0, 0.1) is 6.92 Å². The van der Waals surface area contributed by atoms with Gasteiger partial charge in [-0.2, -0.15) is 0 Å². The Balaban J connectivity index is 2.38. The van der Waals surface area contributed by atoms with Gasteiger partial charge in [-0.25, -0.2) is 13.4 Å². The fourth-order valence-electron chi connectivity index (χ4n) is 1.59. The molecule has 0 radical (unpaired) electrons. The van der Waals surface area contributed by atoms with E-state index in [1.165, 1.54) is 11.3 Å². The summed E-state index contributed by atoms with van der Waals surface area (Å²) in [5, 5.41) is 0. The van der Waals surface area contributed by atoms with Gasteiger partial charge in [-0.1, -0.05) is 0 Å². The van der Waals surface area contributed by atoms with Crippen LogP contribution in [0.25, 0.3) is 0 Å². The van der Waals surface area contributed by atoms with Crippen molar-refractivity contribution < 1.29 is 8.42 Å². The third kappa shape index (κ3) is 3.13. The Labute approximate surface area is 130 Å². The molecule has 0 atom stereocenters. The fourth-order valence-corrected chi connectivity index (χ4v) is 4.88. The van der Waals surface area contributed by atoms with Gasteiger partial charge in [-0.3, -0.25) is 4.72 Å². The number of rotatable bonds is 4. The molecule has 8 heteroatoms. The molecule has 5 nitrogen and oxygen atoms in total. The summed E-state index contributed by atoms with van der Waals surface area (Å²) in [7, 11) is 0.0239. The maximum atomic E-state index is 12.4. The first kappa shape index (κ1) is 15.3. The average Bonchev–Trinajstić information content (AvgIpc) is 2.70. The van der Waals surface area contributed by atoms with Crippen molar-refractivity contribution in [3.05, 3.63) is 33.7 Å². The third-order valence-electron chi connectivity index (χ3n) is 2.55. The average molecular weight is 376 g/mol. The van der Waals surface area contributed by atoms with E-state index in [9.17, 15) is 8.42 Å². The summed E-state index contributed by atoms with van der Waals surface area (Å²) >= 11 is 4.52. The van der Waals surface area contributed by atoms with E-state index in [2.05, 4.69) is 25.6 Å². The van der Waals surface area contributed by atoms with Crippen molar-refractivity contribution in [2.45, 2.75) is 11.1 Å². The summed E-state index contributed by atoms with van der Waals surface area (Å²) in [4.78, 5) is 5.93. The maximum Gasteiger partial charge on any atom is 0.271 e. The predicted octanol–water partition coefficient (Wildman–Crippen LogP) is 3.08. The molecule has 2 rings (SSSR count). The molecule has 20 heavy (non-hydrogen) atoms. The number of pyridine rings is 1. The van der Waals surface area contributed by atoms with Gasteiger partial charge in [0.05, 0.1) is 9.47 Å². The van der Waals surface area contributed by atoms with Gasteiger partial charge in [0.2, 0.25) is 0 Å². The van der Waals surface area contributed by atoms with Crippen molar-refractivity contribution in [1.29, 1.82) is 0 Å². The Hall–Kier alpha value is -1.12. The number of thiophene rings is 1. The molecule has 108 valence electrons. The second kappa shape index (κ2) is 5.71. The van der Waals surface area contributed by atoms with Crippen LogP contribution in [0.1, 0.15) is 5.56 Å². The van der Waals surface area contributed by atoms with Gasteiger partial charge in [0.1, 0.15) is 4.21 Å². The highest BCUT2D eigenvalue weighted by Crippen LogP contribution is 2.32. The zero-order valence-corrected chi connectivity index (χ0v) is 14.4. The molecule has 0 fully saturated rings. The van der Waals surface area contributed by atoms with Crippen LogP contribution in [-0.4, -0.2) is 27.5 Å². The minimum Gasteiger partial charge on any atom is -0.361 e. The molecule has 1 N–H and O–H groups in total. The van der Waals surface area contributed by atoms with Gasteiger partial charge < -0.3 is 4.90 Å². The predicted molar refractivity (Wildman–Crippen MR) is 86.1 cm³/mol. The summed E-state index contributed by atoms with van der Waals surface area (Å²) < 4.78 is 28.4. The molecular formula is C12H14BrN3O2S2. The number of nitrogens with zero attached hydrogens (tertiary/aromatic N) is 2. The van der Waals surface area contributed by atoms with E-state index in [4.69, 9.17) is 0 Å². The molecule has 0 spiro atoms. The van der Waals surface area contributed by atoms with Crippen molar-refractivity contribution in [1.82, 2.24) is 4.98 Å². The first-order chi connectivity index (χ1) is 9.31. The smallest absolute Gasteiger partial charge is 0.271 e. The van der Waals surface area contributed by atoms with E-state index in [1.54, 1.807) is 29.3 Å². The highest BCUT2D eigenvalue weighted by molar-refractivity contribution is 9.11. The van der Waals surface area contributed by atoms with Gasteiger partial charge in [0, 0.05) is 20.3 Å². The first-order valence-electron chi connectivity index (χ1n) is 5.72. The van der Waals surface area contributed by atoms with Gasteiger partial charge in [-0.05, 0) is 46.6 Å². The molecule has 0 saturated heterocycles. The normalized spacial score (nSPS) is 11.4. The van der Waals surface area contributed by atoms with Crippen LogP contribution >= 0.6 is 27.3 Å². The molecule has 0 aromatic carbocycles. The number of hydrogen-bond donors (Lipinski definition) is 1. The van der Waals surface area contributed by atoms with Crippen LogP contribution in [0.15, 0.2) is 32.4 Å². The van der Waals surface area contributed by atoms with Crippen molar-refractivity contribution >= 4 is 48.8 Å². The second-order valence-corrected chi connectivity index (χ2v) is 8.68. The fraction of sp³-hybridized carbons (Fsp3) is 0.250. The summed E-state index contributed by atoms with van der Waals surface area (Å²) in [6.45, 7) is 1.86. The number of sulfonamides is 1. The van der Waals surface area contributed by atoms with E-state index >= 15 is 0 Å². The molecule has 0 bridgehead atoms.